The van der Waals surface area contributed by atoms with E-state index in [-0.39, 0.29) is 21.4 Å². The van der Waals surface area contributed by atoms with Crippen LogP contribution in [-0.2, 0) is 10.0 Å². The van der Waals surface area contributed by atoms with Crippen LogP contribution in [0.5, 0.6) is 0 Å². The first-order valence-electron chi connectivity index (χ1n) is 7.82. The van der Waals surface area contributed by atoms with Crippen LogP contribution < -0.4 is 15.4 Å². The van der Waals surface area contributed by atoms with E-state index in [1.165, 1.54) is 24.3 Å². The molecule has 3 N–H and O–H groups in total. The maximum absolute atomic E-state index is 12.5. The minimum atomic E-state index is -4.54. The molecule has 0 bridgehead atoms. The SMILES string of the molecule is O=C(Nc1ccccc1Cl)NS(=O)(=O)c1ncnn1C(=O)Nc1ccccc1Cl. The molecule has 2 aromatic carbocycles. The molecule has 0 atom stereocenters. The maximum atomic E-state index is 12.5. The molecule has 0 radical (unpaired) electrons. The molecular formula is C16H12Cl2N6O4S. The fourth-order valence-corrected chi connectivity index (χ4v) is 3.46. The first-order chi connectivity index (χ1) is 13.8. The number of amides is 3. The summed E-state index contributed by atoms with van der Waals surface area (Å²) in [6.45, 7) is 0. The number of carbonyl (C=O) groups is 2. The van der Waals surface area contributed by atoms with Crippen molar-refractivity contribution >= 4 is 56.7 Å². The molecular weight excluding hydrogens is 443 g/mol. The predicted molar refractivity (Wildman–Crippen MR) is 107 cm³/mol. The number of aromatic nitrogens is 3. The Morgan fingerprint density at radius 1 is 0.897 bits per heavy atom. The Hall–Kier alpha value is -3.15. The van der Waals surface area contributed by atoms with E-state index in [1.807, 2.05) is 0 Å². The Labute approximate surface area is 174 Å². The standard InChI is InChI=1S/C16H12Cl2N6O4S/c17-10-5-1-3-7-12(10)21-14(25)23-29(27,28)16-19-9-20-24(16)15(26)22-13-8-4-2-6-11(13)18/h1-9H,(H,22,26)(H2,21,23,25). The Morgan fingerprint density at radius 2 is 1.45 bits per heavy atom. The van der Waals surface area contributed by atoms with Crippen LogP contribution in [0.15, 0.2) is 60.0 Å². The van der Waals surface area contributed by atoms with Crippen molar-refractivity contribution in [1.82, 2.24) is 19.5 Å². The zero-order valence-electron chi connectivity index (χ0n) is 14.3. The van der Waals surface area contributed by atoms with E-state index in [0.717, 1.165) is 6.33 Å². The third-order valence-corrected chi connectivity index (χ3v) is 5.29. The number of para-hydroxylation sites is 2. The molecule has 0 aliphatic carbocycles. The van der Waals surface area contributed by atoms with Gasteiger partial charge in [-0.25, -0.2) is 19.3 Å². The smallest absolute Gasteiger partial charge is 0.306 e. The second-order valence-electron chi connectivity index (χ2n) is 5.40. The van der Waals surface area contributed by atoms with Crippen molar-refractivity contribution in [2.24, 2.45) is 0 Å². The predicted octanol–water partition coefficient (Wildman–Crippen LogP) is 3.18. The van der Waals surface area contributed by atoms with E-state index < -0.39 is 27.2 Å². The molecule has 1 aromatic heterocycles. The highest BCUT2D eigenvalue weighted by Crippen LogP contribution is 2.21. The van der Waals surface area contributed by atoms with Gasteiger partial charge in [0.2, 0.25) is 0 Å². The van der Waals surface area contributed by atoms with Crippen LogP contribution in [0, 0.1) is 0 Å². The quantitative estimate of drug-likeness (QED) is 0.553. The number of anilines is 2. The van der Waals surface area contributed by atoms with Crippen molar-refractivity contribution < 1.29 is 18.0 Å². The van der Waals surface area contributed by atoms with Crippen molar-refractivity contribution in [2.75, 3.05) is 10.6 Å². The minimum Gasteiger partial charge on any atom is -0.306 e. The summed E-state index contributed by atoms with van der Waals surface area (Å²) in [4.78, 5) is 28.0. The average molecular weight is 455 g/mol. The molecule has 3 amide bonds. The van der Waals surface area contributed by atoms with Crippen LogP contribution >= 0.6 is 23.2 Å². The Kier molecular flexibility index (Phi) is 6.01. The van der Waals surface area contributed by atoms with Crippen molar-refractivity contribution in [3.8, 4) is 0 Å². The van der Waals surface area contributed by atoms with Crippen LogP contribution in [0.3, 0.4) is 0 Å². The van der Waals surface area contributed by atoms with Crippen molar-refractivity contribution in [2.45, 2.75) is 5.16 Å². The van der Waals surface area contributed by atoms with E-state index in [4.69, 9.17) is 23.2 Å². The lowest BCUT2D eigenvalue weighted by atomic mass is 10.3. The normalized spacial score (nSPS) is 11.0. The third-order valence-electron chi connectivity index (χ3n) is 3.41. The number of sulfonamides is 1. The minimum absolute atomic E-state index is 0.194. The largest absolute Gasteiger partial charge is 0.349 e. The lowest BCUT2D eigenvalue weighted by molar-refractivity contribution is 0.248. The summed E-state index contributed by atoms with van der Waals surface area (Å²) in [6.07, 6.45) is 0.854. The summed E-state index contributed by atoms with van der Waals surface area (Å²) in [6, 6.07) is 10.5. The molecule has 13 heteroatoms. The number of nitrogens with one attached hydrogen (secondary N) is 3. The molecule has 0 aliphatic rings. The molecule has 0 spiro atoms. The Morgan fingerprint density at radius 3 is 2.03 bits per heavy atom. The van der Waals surface area contributed by atoms with Crippen LogP contribution in [0.4, 0.5) is 21.0 Å². The van der Waals surface area contributed by atoms with Crippen molar-refractivity contribution in [3.05, 3.63) is 64.9 Å². The van der Waals surface area contributed by atoms with Gasteiger partial charge >= 0.3 is 22.1 Å². The zero-order valence-corrected chi connectivity index (χ0v) is 16.7. The van der Waals surface area contributed by atoms with Crippen LogP contribution in [-0.4, -0.2) is 35.2 Å². The van der Waals surface area contributed by atoms with Crippen molar-refractivity contribution in [1.29, 1.82) is 0 Å². The number of carbonyl (C=O) groups excluding carboxylic acids is 2. The second-order valence-corrected chi connectivity index (χ2v) is 7.79. The van der Waals surface area contributed by atoms with Gasteiger partial charge in [-0.05, 0) is 24.3 Å². The summed E-state index contributed by atoms with van der Waals surface area (Å²) >= 11 is 11.9. The van der Waals surface area contributed by atoms with E-state index in [9.17, 15) is 18.0 Å². The number of rotatable bonds is 4. The summed E-state index contributed by atoms with van der Waals surface area (Å²) < 4.78 is 27.2. The van der Waals surface area contributed by atoms with Gasteiger partial charge in [0.25, 0.3) is 5.16 Å². The number of nitrogens with zero attached hydrogens (tertiary/aromatic N) is 3. The fourth-order valence-electron chi connectivity index (χ4n) is 2.16. The van der Waals surface area contributed by atoms with Crippen LogP contribution in [0.2, 0.25) is 10.0 Å². The number of halogens is 2. The fraction of sp³-hybridized carbons (Fsp3) is 0. The van der Waals surface area contributed by atoms with Gasteiger partial charge in [0.15, 0.2) is 0 Å². The third kappa shape index (κ3) is 4.83. The van der Waals surface area contributed by atoms with Crippen LogP contribution in [0.1, 0.15) is 0 Å². The number of hydrogen-bond acceptors (Lipinski definition) is 6. The zero-order chi connectivity index (χ0) is 21.0. The molecule has 0 unspecified atom stereocenters. The number of urea groups is 1. The molecule has 150 valence electrons. The molecule has 3 rings (SSSR count). The Bertz CT molecular complexity index is 1180. The first-order valence-corrected chi connectivity index (χ1v) is 10.1. The summed E-state index contributed by atoms with van der Waals surface area (Å²) in [5, 5.41) is 7.94. The molecule has 1 heterocycles. The van der Waals surface area contributed by atoms with E-state index >= 15 is 0 Å². The Balaban J connectivity index is 1.77. The van der Waals surface area contributed by atoms with Gasteiger partial charge in [-0.1, -0.05) is 47.5 Å². The summed E-state index contributed by atoms with van der Waals surface area (Å²) in [7, 11) is -4.54. The van der Waals surface area contributed by atoms with Crippen molar-refractivity contribution in [3.63, 3.8) is 0 Å². The molecule has 0 fully saturated rings. The molecule has 0 saturated carbocycles. The summed E-state index contributed by atoms with van der Waals surface area (Å²) in [5.74, 6) is 0. The van der Waals surface area contributed by atoms with Gasteiger partial charge in [-0.15, -0.1) is 9.78 Å². The highest BCUT2D eigenvalue weighted by molar-refractivity contribution is 7.89. The topological polar surface area (TPSA) is 135 Å². The van der Waals surface area contributed by atoms with Gasteiger partial charge in [0.05, 0.1) is 21.4 Å². The van der Waals surface area contributed by atoms with E-state index in [1.54, 1.807) is 29.0 Å². The van der Waals surface area contributed by atoms with Gasteiger partial charge in [-0.2, -0.15) is 8.42 Å². The first kappa shape index (κ1) is 20.6. The molecule has 29 heavy (non-hydrogen) atoms. The van der Waals surface area contributed by atoms with Gasteiger partial charge in [0, 0.05) is 0 Å². The van der Waals surface area contributed by atoms with Gasteiger partial charge in [-0.3, -0.25) is 0 Å². The number of hydrogen-bond donors (Lipinski definition) is 3. The summed E-state index contributed by atoms with van der Waals surface area (Å²) in [5.41, 5.74) is 0.433. The molecule has 10 nitrogen and oxygen atoms in total. The van der Waals surface area contributed by atoms with Crippen LogP contribution in [0.25, 0.3) is 0 Å². The monoisotopic (exact) mass is 454 g/mol. The molecule has 0 aliphatic heterocycles. The number of benzene rings is 2. The lowest BCUT2D eigenvalue weighted by Gasteiger charge is -2.10. The highest BCUT2D eigenvalue weighted by Gasteiger charge is 2.27. The highest BCUT2D eigenvalue weighted by atomic mass is 35.5. The molecule has 3 aromatic rings. The lowest BCUT2D eigenvalue weighted by Crippen LogP contribution is -2.37. The average Bonchev–Trinajstić information content (AvgIpc) is 3.16. The van der Waals surface area contributed by atoms with E-state index in [0.29, 0.717) is 4.68 Å². The maximum Gasteiger partial charge on any atom is 0.349 e. The van der Waals surface area contributed by atoms with E-state index in [2.05, 4.69) is 20.7 Å². The second kappa shape index (κ2) is 8.47. The van der Waals surface area contributed by atoms with Gasteiger partial charge in [0.1, 0.15) is 6.33 Å². The van der Waals surface area contributed by atoms with Gasteiger partial charge < -0.3 is 10.6 Å². The molecule has 0 saturated heterocycles.